The lowest BCUT2D eigenvalue weighted by molar-refractivity contribution is 0.0792. The van der Waals surface area contributed by atoms with Crippen molar-refractivity contribution in [3.05, 3.63) is 40.3 Å². The van der Waals surface area contributed by atoms with Crippen LogP contribution in [0, 0.1) is 0 Å². The number of aliphatic hydroxyl groups is 1. The molecule has 138 valence electrons. The highest BCUT2D eigenvalue weighted by molar-refractivity contribution is 7.18. The van der Waals surface area contributed by atoms with Gasteiger partial charge in [0, 0.05) is 19.6 Å². The molecular formula is C18H22N4O3S. The molecule has 26 heavy (non-hydrogen) atoms. The molecule has 1 aromatic heterocycles. The van der Waals surface area contributed by atoms with Crippen LogP contribution in [0.15, 0.2) is 24.3 Å². The lowest BCUT2D eigenvalue weighted by atomic mass is 10.0. The molecule has 0 unspecified atom stereocenters. The van der Waals surface area contributed by atoms with Crippen molar-refractivity contribution in [2.24, 2.45) is 11.5 Å². The van der Waals surface area contributed by atoms with Crippen LogP contribution < -0.4 is 17.2 Å². The lowest BCUT2D eigenvalue weighted by Crippen LogP contribution is -2.35. The van der Waals surface area contributed by atoms with Gasteiger partial charge in [-0.15, -0.1) is 11.3 Å². The SMILES string of the molecule is NC(=O)c1sc(-c2ccc(CN3CCC(O)CC3)cc2)c(N)c1C(N)=O. The summed E-state index contributed by atoms with van der Waals surface area (Å²) in [5.74, 6) is -1.48. The second-order valence-corrected chi connectivity index (χ2v) is 7.50. The maximum Gasteiger partial charge on any atom is 0.259 e. The molecule has 8 heteroatoms. The minimum Gasteiger partial charge on any atom is -0.397 e. The molecule has 0 aliphatic carbocycles. The molecule has 2 amide bonds. The molecule has 2 aromatic rings. The van der Waals surface area contributed by atoms with Gasteiger partial charge in [0.2, 0.25) is 0 Å². The second-order valence-electron chi connectivity index (χ2n) is 6.48. The van der Waals surface area contributed by atoms with E-state index < -0.39 is 11.8 Å². The van der Waals surface area contributed by atoms with Crippen molar-refractivity contribution in [3.63, 3.8) is 0 Å². The molecule has 1 aromatic carbocycles. The van der Waals surface area contributed by atoms with Gasteiger partial charge in [-0.25, -0.2) is 0 Å². The Bertz CT molecular complexity index is 824. The molecule has 1 fully saturated rings. The molecule has 7 N–H and O–H groups in total. The van der Waals surface area contributed by atoms with Crippen molar-refractivity contribution >= 4 is 28.8 Å². The first-order valence-electron chi connectivity index (χ1n) is 8.38. The Balaban J connectivity index is 1.81. The number of nitrogen functional groups attached to an aromatic ring is 1. The van der Waals surface area contributed by atoms with Gasteiger partial charge < -0.3 is 22.3 Å². The topological polar surface area (TPSA) is 136 Å². The smallest absolute Gasteiger partial charge is 0.259 e. The van der Waals surface area contributed by atoms with Crippen LogP contribution in [-0.2, 0) is 6.54 Å². The van der Waals surface area contributed by atoms with Crippen molar-refractivity contribution in [2.75, 3.05) is 18.8 Å². The molecule has 0 radical (unpaired) electrons. The number of carbonyl (C=O) groups is 2. The number of carbonyl (C=O) groups excluding carboxylic acids is 2. The van der Waals surface area contributed by atoms with Gasteiger partial charge in [0.1, 0.15) is 4.88 Å². The van der Waals surface area contributed by atoms with Gasteiger partial charge >= 0.3 is 0 Å². The summed E-state index contributed by atoms with van der Waals surface area (Å²) in [6.45, 7) is 2.57. The predicted molar refractivity (Wildman–Crippen MR) is 102 cm³/mol. The first kappa shape index (κ1) is 18.4. The zero-order valence-corrected chi connectivity index (χ0v) is 15.1. The zero-order valence-electron chi connectivity index (χ0n) is 14.3. The number of primary amides is 2. The van der Waals surface area contributed by atoms with Gasteiger partial charge in [-0.3, -0.25) is 14.5 Å². The van der Waals surface area contributed by atoms with Gasteiger partial charge in [0.05, 0.1) is 22.2 Å². The molecular weight excluding hydrogens is 352 g/mol. The number of nitrogens with zero attached hydrogens (tertiary/aromatic N) is 1. The zero-order chi connectivity index (χ0) is 18.8. The number of thiophene rings is 1. The third-order valence-electron chi connectivity index (χ3n) is 4.59. The van der Waals surface area contributed by atoms with Crippen molar-refractivity contribution in [2.45, 2.75) is 25.5 Å². The number of amides is 2. The number of likely N-dealkylation sites (tertiary alicyclic amines) is 1. The van der Waals surface area contributed by atoms with Crippen molar-refractivity contribution in [3.8, 4) is 10.4 Å². The Labute approximate surface area is 155 Å². The average molecular weight is 374 g/mol. The maximum atomic E-state index is 11.6. The summed E-state index contributed by atoms with van der Waals surface area (Å²) in [4.78, 5) is 26.2. The summed E-state index contributed by atoms with van der Waals surface area (Å²) >= 11 is 1.08. The summed E-state index contributed by atoms with van der Waals surface area (Å²) in [6.07, 6.45) is 1.42. The largest absolute Gasteiger partial charge is 0.397 e. The maximum absolute atomic E-state index is 11.6. The Morgan fingerprint density at radius 3 is 2.23 bits per heavy atom. The molecule has 1 saturated heterocycles. The first-order chi connectivity index (χ1) is 12.4. The van der Waals surface area contributed by atoms with Crippen LogP contribution in [0.5, 0.6) is 0 Å². The summed E-state index contributed by atoms with van der Waals surface area (Å²) in [6, 6.07) is 7.80. The number of benzene rings is 1. The highest BCUT2D eigenvalue weighted by Gasteiger charge is 2.24. The molecule has 1 aliphatic rings. The van der Waals surface area contributed by atoms with E-state index in [0.717, 1.165) is 54.9 Å². The number of nitrogens with two attached hydrogens (primary N) is 3. The van der Waals surface area contributed by atoms with Crippen molar-refractivity contribution < 1.29 is 14.7 Å². The average Bonchev–Trinajstić information content (AvgIpc) is 2.95. The number of piperidine rings is 1. The van der Waals surface area contributed by atoms with Crippen molar-refractivity contribution in [1.29, 1.82) is 0 Å². The molecule has 1 aliphatic heterocycles. The monoisotopic (exact) mass is 374 g/mol. The second kappa shape index (κ2) is 7.45. The Morgan fingerprint density at radius 2 is 1.73 bits per heavy atom. The third-order valence-corrected chi connectivity index (χ3v) is 5.86. The Kier molecular flexibility index (Phi) is 5.26. The fourth-order valence-electron chi connectivity index (χ4n) is 3.17. The highest BCUT2D eigenvalue weighted by atomic mass is 32.1. The number of aliphatic hydroxyl groups excluding tert-OH is 1. The van der Waals surface area contributed by atoms with E-state index in [-0.39, 0.29) is 22.2 Å². The van der Waals surface area contributed by atoms with Crippen LogP contribution in [0.2, 0.25) is 0 Å². The van der Waals surface area contributed by atoms with Gasteiger partial charge in [-0.05, 0) is 24.0 Å². The van der Waals surface area contributed by atoms with Crippen LogP contribution in [0.4, 0.5) is 5.69 Å². The lowest BCUT2D eigenvalue weighted by Gasteiger charge is -2.29. The van der Waals surface area contributed by atoms with E-state index in [1.807, 2.05) is 24.3 Å². The Morgan fingerprint density at radius 1 is 1.12 bits per heavy atom. The summed E-state index contributed by atoms with van der Waals surface area (Å²) in [5.41, 5.74) is 18.9. The number of rotatable bonds is 5. The van der Waals surface area contributed by atoms with Crippen LogP contribution in [0.1, 0.15) is 38.4 Å². The van der Waals surface area contributed by atoms with Gasteiger partial charge in [-0.2, -0.15) is 0 Å². The minimum absolute atomic E-state index is 0.00606. The minimum atomic E-state index is -0.761. The van der Waals surface area contributed by atoms with E-state index >= 15 is 0 Å². The number of anilines is 1. The molecule has 2 heterocycles. The van der Waals surface area contributed by atoms with E-state index in [0.29, 0.717) is 4.88 Å². The number of hydrogen-bond acceptors (Lipinski definition) is 6. The van der Waals surface area contributed by atoms with Crippen LogP contribution in [0.25, 0.3) is 10.4 Å². The Hall–Kier alpha value is -2.42. The quantitative estimate of drug-likeness (QED) is 0.622. The van der Waals surface area contributed by atoms with Crippen molar-refractivity contribution in [1.82, 2.24) is 4.90 Å². The van der Waals surface area contributed by atoms with E-state index in [9.17, 15) is 14.7 Å². The standard InChI is InChI=1S/C18H22N4O3S/c19-14-13(17(20)24)16(18(21)25)26-15(14)11-3-1-10(2-4-11)9-22-7-5-12(23)6-8-22/h1-4,12,23H,5-9,19H2,(H2,20,24)(H2,21,25). The predicted octanol–water partition coefficient (Wildman–Crippen LogP) is 1.15. The molecule has 7 nitrogen and oxygen atoms in total. The van der Waals surface area contributed by atoms with E-state index in [1.54, 1.807) is 0 Å². The van der Waals surface area contributed by atoms with Gasteiger partial charge in [-0.1, -0.05) is 24.3 Å². The van der Waals surface area contributed by atoms with Crippen LogP contribution >= 0.6 is 11.3 Å². The van der Waals surface area contributed by atoms with E-state index in [1.165, 1.54) is 0 Å². The summed E-state index contributed by atoms with van der Waals surface area (Å²) in [5, 5.41) is 9.58. The highest BCUT2D eigenvalue weighted by Crippen LogP contribution is 2.38. The summed E-state index contributed by atoms with van der Waals surface area (Å²) in [7, 11) is 0. The van der Waals surface area contributed by atoms with E-state index in [4.69, 9.17) is 17.2 Å². The first-order valence-corrected chi connectivity index (χ1v) is 9.20. The fraction of sp³-hybridized carbons (Fsp3) is 0.333. The molecule has 0 bridgehead atoms. The molecule has 0 saturated carbocycles. The third kappa shape index (κ3) is 3.72. The summed E-state index contributed by atoms with van der Waals surface area (Å²) < 4.78 is 0. The van der Waals surface area contributed by atoms with Crippen LogP contribution in [-0.4, -0.2) is 41.0 Å². The fourth-order valence-corrected chi connectivity index (χ4v) is 4.26. The van der Waals surface area contributed by atoms with Crippen LogP contribution in [0.3, 0.4) is 0 Å². The molecule has 3 rings (SSSR count). The molecule has 0 spiro atoms. The van der Waals surface area contributed by atoms with E-state index in [2.05, 4.69) is 4.90 Å². The van der Waals surface area contributed by atoms with Gasteiger partial charge in [0.25, 0.3) is 11.8 Å². The van der Waals surface area contributed by atoms with Gasteiger partial charge in [0.15, 0.2) is 0 Å². The molecule has 0 atom stereocenters. The normalized spacial score (nSPS) is 15.9. The number of hydrogen-bond donors (Lipinski definition) is 4.